The van der Waals surface area contributed by atoms with Crippen LogP contribution in [0.3, 0.4) is 0 Å². The van der Waals surface area contributed by atoms with Crippen molar-refractivity contribution in [1.29, 1.82) is 0 Å². The predicted molar refractivity (Wildman–Crippen MR) is 124 cm³/mol. The highest BCUT2D eigenvalue weighted by molar-refractivity contribution is 6.31. The number of hydrogen-bond donors (Lipinski definition) is 1. The van der Waals surface area contributed by atoms with E-state index in [2.05, 4.69) is 10.2 Å². The molecule has 0 spiro atoms. The Balaban J connectivity index is 1.45. The molecule has 1 fully saturated rings. The van der Waals surface area contributed by atoms with Gasteiger partial charge >= 0.3 is 0 Å². The maximum Gasteiger partial charge on any atom is 0.238 e. The van der Waals surface area contributed by atoms with E-state index in [1.165, 1.54) is 0 Å². The van der Waals surface area contributed by atoms with Crippen LogP contribution in [-0.2, 0) is 16.0 Å². The molecule has 3 rings (SSSR count). The largest absolute Gasteiger partial charge is 0.497 e. The molecular formula is C24H30ClN3O3. The number of benzene rings is 2. The summed E-state index contributed by atoms with van der Waals surface area (Å²) < 4.78 is 5.17. The van der Waals surface area contributed by atoms with Crippen molar-refractivity contribution in [2.24, 2.45) is 0 Å². The standard InChI is InChI=1S/C24H30ClN3O3/c1-18-21(25)5-3-6-22(18)26-23(29)17-27-13-4-14-28(16-15-27)24(30)12-9-19-7-10-20(31-2)11-8-19/h3,5-8,10-11H,4,9,12-17H2,1-2H3,(H,26,29). The number of amides is 2. The molecule has 7 heteroatoms. The van der Waals surface area contributed by atoms with Crippen molar-refractivity contribution >= 4 is 29.1 Å². The zero-order valence-corrected chi connectivity index (χ0v) is 19.0. The first-order valence-electron chi connectivity index (χ1n) is 10.6. The van der Waals surface area contributed by atoms with Gasteiger partial charge in [-0.15, -0.1) is 0 Å². The molecule has 0 aromatic heterocycles. The number of ether oxygens (including phenoxy) is 1. The highest BCUT2D eigenvalue weighted by atomic mass is 35.5. The third-order valence-electron chi connectivity index (χ3n) is 5.64. The van der Waals surface area contributed by atoms with Crippen LogP contribution in [0.15, 0.2) is 42.5 Å². The van der Waals surface area contributed by atoms with Gasteiger partial charge in [-0.3, -0.25) is 14.5 Å². The van der Waals surface area contributed by atoms with Crippen molar-refractivity contribution in [3.63, 3.8) is 0 Å². The molecule has 0 radical (unpaired) electrons. The molecule has 2 aromatic carbocycles. The fraction of sp³-hybridized carbons (Fsp3) is 0.417. The predicted octanol–water partition coefficient (Wildman–Crippen LogP) is 3.76. The molecule has 1 N–H and O–H groups in total. The molecule has 1 aliphatic heterocycles. The first-order valence-corrected chi connectivity index (χ1v) is 11.0. The number of nitrogens with zero attached hydrogens (tertiary/aromatic N) is 2. The Morgan fingerprint density at radius 3 is 2.58 bits per heavy atom. The second kappa shape index (κ2) is 11.2. The van der Waals surface area contributed by atoms with E-state index in [0.717, 1.165) is 42.1 Å². The minimum absolute atomic E-state index is 0.0651. The van der Waals surface area contributed by atoms with Crippen LogP contribution in [0.5, 0.6) is 5.75 Å². The number of aryl methyl sites for hydroxylation is 1. The van der Waals surface area contributed by atoms with Crippen LogP contribution in [0.2, 0.25) is 5.02 Å². The Hall–Kier alpha value is -2.57. The van der Waals surface area contributed by atoms with Gasteiger partial charge in [-0.1, -0.05) is 29.8 Å². The van der Waals surface area contributed by atoms with Gasteiger partial charge < -0.3 is 15.0 Å². The van der Waals surface area contributed by atoms with Crippen molar-refractivity contribution in [2.75, 3.05) is 45.2 Å². The van der Waals surface area contributed by atoms with Gasteiger partial charge in [0.05, 0.1) is 13.7 Å². The van der Waals surface area contributed by atoms with Gasteiger partial charge in [0.1, 0.15) is 5.75 Å². The van der Waals surface area contributed by atoms with Gasteiger partial charge in [0.25, 0.3) is 0 Å². The van der Waals surface area contributed by atoms with E-state index in [1.54, 1.807) is 7.11 Å². The lowest BCUT2D eigenvalue weighted by Crippen LogP contribution is -2.38. The molecular weight excluding hydrogens is 414 g/mol. The minimum atomic E-state index is -0.0651. The summed E-state index contributed by atoms with van der Waals surface area (Å²) in [5.41, 5.74) is 2.73. The van der Waals surface area contributed by atoms with E-state index in [4.69, 9.17) is 16.3 Å². The van der Waals surface area contributed by atoms with Gasteiger partial charge in [-0.2, -0.15) is 0 Å². The number of anilines is 1. The maximum absolute atomic E-state index is 12.7. The van der Waals surface area contributed by atoms with Crippen molar-refractivity contribution in [1.82, 2.24) is 9.80 Å². The number of halogens is 1. The number of hydrogen-bond acceptors (Lipinski definition) is 4. The molecule has 0 unspecified atom stereocenters. The molecule has 0 atom stereocenters. The molecule has 0 saturated carbocycles. The summed E-state index contributed by atoms with van der Waals surface area (Å²) in [6, 6.07) is 13.3. The number of rotatable bonds is 7. The number of methoxy groups -OCH3 is 1. The summed E-state index contributed by atoms with van der Waals surface area (Å²) in [5, 5.41) is 3.58. The van der Waals surface area contributed by atoms with Gasteiger partial charge in [0.2, 0.25) is 11.8 Å². The SMILES string of the molecule is COc1ccc(CCC(=O)N2CCCN(CC(=O)Nc3cccc(Cl)c3C)CC2)cc1. The topological polar surface area (TPSA) is 61.9 Å². The third kappa shape index (κ3) is 6.71. The minimum Gasteiger partial charge on any atom is -0.497 e. The summed E-state index contributed by atoms with van der Waals surface area (Å²) in [7, 11) is 1.64. The van der Waals surface area contributed by atoms with E-state index < -0.39 is 0 Å². The highest BCUT2D eigenvalue weighted by Crippen LogP contribution is 2.23. The average molecular weight is 444 g/mol. The highest BCUT2D eigenvalue weighted by Gasteiger charge is 2.20. The smallest absolute Gasteiger partial charge is 0.238 e. The summed E-state index contributed by atoms with van der Waals surface area (Å²) in [6.45, 7) is 5.05. The van der Waals surface area contributed by atoms with Crippen molar-refractivity contribution in [3.8, 4) is 5.75 Å². The molecule has 2 amide bonds. The van der Waals surface area contributed by atoms with Crippen molar-refractivity contribution in [2.45, 2.75) is 26.2 Å². The van der Waals surface area contributed by atoms with Crippen LogP contribution in [0.25, 0.3) is 0 Å². The monoisotopic (exact) mass is 443 g/mol. The molecule has 2 aromatic rings. The molecule has 31 heavy (non-hydrogen) atoms. The molecule has 0 aliphatic carbocycles. The summed E-state index contributed by atoms with van der Waals surface area (Å²) >= 11 is 6.13. The Kier molecular flexibility index (Phi) is 8.32. The average Bonchev–Trinajstić information content (AvgIpc) is 3.01. The van der Waals surface area contributed by atoms with Gasteiger partial charge in [-0.25, -0.2) is 0 Å². The van der Waals surface area contributed by atoms with Crippen LogP contribution in [0, 0.1) is 6.92 Å². The second-order valence-corrected chi connectivity index (χ2v) is 8.23. The van der Waals surface area contributed by atoms with E-state index in [0.29, 0.717) is 37.5 Å². The Morgan fingerprint density at radius 1 is 1.06 bits per heavy atom. The Labute approximate surface area is 189 Å². The lowest BCUT2D eigenvalue weighted by Gasteiger charge is -2.22. The number of nitrogens with one attached hydrogen (secondary N) is 1. The lowest BCUT2D eigenvalue weighted by atomic mass is 10.1. The zero-order chi connectivity index (χ0) is 22.2. The third-order valence-corrected chi connectivity index (χ3v) is 6.05. The Morgan fingerprint density at radius 2 is 1.84 bits per heavy atom. The Bertz CT molecular complexity index is 901. The second-order valence-electron chi connectivity index (χ2n) is 7.82. The van der Waals surface area contributed by atoms with Crippen LogP contribution < -0.4 is 10.1 Å². The quantitative estimate of drug-likeness (QED) is 0.707. The summed E-state index contributed by atoms with van der Waals surface area (Å²) in [6.07, 6.45) is 2.06. The first kappa shape index (κ1) is 23.1. The maximum atomic E-state index is 12.7. The molecule has 1 saturated heterocycles. The van der Waals surface area contributed by atoms with Gasteiger partial charge in [0, 0.05) is 43.3 Å². The molecule has 1 aliphatic rings. The summed E-state index contributed by atoms with van der Waals surface area (Å²) in [5.74, 6) is 0.915. The van der Waals surface area contributed by atoms with Crippen LogP contribution in [0.1, 0.15) is 24.0 Å². The fourth-order valence-electron chi connectivity index (χ4n) is 3.72. The number of carbonyl (C=O) groups is 2. The van der Waals surface area contributed by atoms with Gasteiger partial charge in [0.15, 0.2) is 0 Å². The number of carbonyl (C=O) groups excluding carboxylic acids is 2. The normalized spacial score (nSPS) is 14.7. The zero-order valence-electron chi connectivity index (χ0n) is 18.2. The summed E-state index contributed by atoms with van der Waals surface area (Å²) in [4.78, 5) is 29.2. The molecule has 6 nitrogen and oxygen atoms in total. The molecule has 166 valence electrons. The van der Waals surface area contributed by atoms with Crippen molar-refractivity contribution < 1.29 is 14.3 Å². The fourth-order valence-corrected chi connectivity index (χ4v) is 3.89. The lowest BCUT2D eigenvalue weighted by molar-refractivity contribution is -0.131. The molecule has 0 bridgehead atoms. The van der Waals surface area contributed by atoms with E-state index in [-0.39, 0.29) is 11.8 Å². The van der Waals surface area contributed by atoms with Crippen LogP contribution >= 0.6 is 11.6 Å². The molecule has 1 heterocycles. The van der Waals surface area contributed by atoms with Crippen molar-refractivity contribution in [3.05, 3.63) is 58.6 Å². The first-order chi connectivity index (χ1) is 15.0. The van der Waals surface area contributed by atoms with E-state index >= 15 is 0 Å². The van der Waals surface area contributed by atoms with Crippen LogP contribution in [-0.4, -0.2) is 61.4 Å². The van der Waals surface area contributed by atoms with E-state index in [9.17, 15) is 9.59 Å². The van der Waals surface area contributed by atoms with E-state index in [1.807, 2.05) is 54.3 Å². The van der Waals surface area contributed by atoms with Gasteiger partial charge in [-0.05, 0) is 55.2 Å². The van der Waals surface area contributed by atoms with Crippen LogP contribution in [0.4, 0.5) is 5.69 Å².